The smallest absolute Gasteiger partial charge is 0.251 e. The Kier molecular flexibility index (Phi) is 4.40. The lowest BCUT2D eigenvalue weighted by Crippen LogP contribution is -2.46. The number of hydrogen-bond acceptors (Lipinski definition) is 3. The van der Waals surface area contributed by atoms with Gasteiger partial charge in [-0.25, -0.2) is 4.39 Å². The van der Waals surface area contributed by atoms with Crippen molar-refractivity contribution in [1.82, 2.24) is 10.2 Å². The molecule has 2 saturated heterocycles. The van der Waals surface area contributed by atoms with Crippen LogP contribution in [-0.2, 0) is 0 Å². The number of amides is 1. The molecule has 1 N–H and O–H groups in total. The molecular formula is C20H21FN2O2. The SMILES string of the molecule is O=C(N[C@@H]1C[C@@H]2CCN(C2)C1)c1ccc(Oc2cccc(F)c2)cc1. The van der Waals surface area contributed by atoms with Crippen molar-refractivity contribution in [3.63, 3.8) is 0 Å². The van der Waals surface area contributed by atoms with Gasteiger partial charge in [-0.15, -0.1) is 0 Å². The minimum Gasteiger partial charge on any atom is -0.457 e. The second-order valence-electron chi connectivity index (χ2n) is 6.90. The average Bonchev–Trinajstić information content (AvgIpc) is 2.94. The number of fused-ring (bicyclic) bond motifs is 2. The van der Waals surface area contributed by atoms with Gasteiger partial charge in [-0.05, 0) is 61.7 Å². The summed E-state index contributed by atoms with van der Waals surface area (Å²) >= 11 is 0. The lowest BCUT2D eigenvalue weighted by atomic mass is 9.96. The lowest BCUT2D eigenvalue weighted by Gasteiger charge is -2.30. The van der Waals surface area contributed by atoms with E-state index in [2.05, 4.69) is 10.2 Å². The Morgan fingerprint density at radius 3 is 2.72 bits per heavy atom. The van der Waals surface area contributed by atoms with Gasteiger partial charge in [0.1, 0.15) is 17.3 Å². The summed E-state index contributed by atoms with van der Waals surface area (Å²) in [6.45, 7) is 3.28. The summed E-state index contributed by atoms with van der Waals surface area (Å²) in [5, 5.41) is 3.14. The Morgan fingerprint density at radius 1 is 1.12 bits per heavy atom. The van der Waals surface area contributed by atoms with E-state index < -0.39 is 0 Å². The van der Waals surface area contributed by atoms with Crippen LogP contribution in [0.5, 0.6) is 11.5 Å². The minimum absolute atomic E-state index is 0.0511. The standard InChI is InChI=1S/C20H21FN2O2/c21-16-2-1-3-19(11-16)25-18-6-4-15(5-7-18)20(24)22-17-10-14-8-9-23(12-14)13-17/h1-7,11,14,17H,8-10,12-13H2,(H,22,24)/t14-,17+/m0/s1. The molecule has 1 unspecified atom stereocenters. The topological polar surface area (TPSA) is 41.6 Å². The van der Waals surface area contributed by atoms with Crippen molar-refractivity contribution in [2.24, 2.45) is 5.92 Å². The van der Waals surface area contributed by atoms with Gasteiger partial charge in [0, 0.05) is 30.8 Å². The van der Waals surface area contributed by atoms with Gasteiger partial charge in [0.05, 0.1) is 0 Å². The molecule has 5 heteroatoms. The van der Waals surface area contributed by atoms with Crippen molar-refractivity contribution in [3.8, 4) is 11.5 Å². The zero-order chi connectivity index (χ0) is 17.2. The van der Waals surface area contributed by atoms with Crippen LogP contribution >= 0.6 is 0 Å². The molecule has 0 spiro atoms. The molecule has 2 aliphatic rings. The monoisotopic (exact) mass is 340 g/mol. The molecule has 4 rings (SSSR count). The van der Waals surface area contributed by atoms with E-state index in [1.54, 1.807) is 36.4 Å². The number of rotatable bonds is 4. The number of halogens is 1. The molecule has 2 fully saturated rings. The first kappa shape index (κ1) is 16.1. The van der Waals surface area contributed by atoms with Crippen LogP contribution in [0.15, 0.2) is 48.5 Å². The Labute approximate surface area is 146 Å². The fourth-order valence-electron chi connectivity index (χ4n) is 3.77. The molecule has 0 radical (unpaired) electrons. The number of nitrogens with zero attached hydrogens (tertiary/aromatic N) is 1. The molecular weight excluding hydrogens is 319 g/mol. The summed E-state index contributed by atoms with van der Waals surface area (Å²) in [6, 6.07) is 13.2. The summed E-state index contributed by atoms with van der Waals surface area (Å²) in [5.74, 6) is 1.34. The van der Waals surface area contributed by atoms with Crippen LogP contribution in [0.25, 0.3) is 0 Å². The highest BCUT2D eigenvalue weighted by molar-refractivity contribution is 5.94. The molecule has 4 nitrogen and oxygen atoms in total. The van der Waals surface area contributed by atoms with E-state index in [1.165, 1.54) is 25.1 Å². The number of hydrogen-bond donors (Lipinski definition) is 1. The number of nitrogens with one attached hydrogen (secondary N) is 1. The summed E-state index contributed by atoms with van der Waals surface area (Å²) in [5.41, 5.74) is 0.611. The molecule has 2 aliphatic heterocycles. The van der Waals surface area contributed by atoms with Gasteiger partial charge in [0.15, 0.2) is 0 Å². The van der Waals surface area contributed by atoms with Gasteiger partial charge in [-0.3, -0.25) is 4.79 Å². The molecule has 3 atom stereocenters. The summed E-state index contributed by atoms with van der Waals surface area (Å²) in [6.07, 6.45) is 2.32. The van der Waals surface area contributed by atoms with Crippen molar-refractivity contribution in [3.05, 3.63) is 59.9 Å². The van der Waals surface area contributed by atoms with Crippen LogP contribution in [-0.4, -0.2) is 36.5 Å². The summed E-state index contributed by atoms with van der Waals surface area (Å²) in [4.78, 5) is 14.9. The predicted octanol–water partition coefficient (Wildman–Crippen LogP) is 3.44. The molecule has 2 heterocycles. The molecule has 0 aromatic heterocycles. The maximum absolute atomic E-state index is 13.2. The Morgan fingerprint density at radius 2 is 1.96 bits per heavy atom. The Bertz CT molecular complexity index is 751. The van der Waals surface area contributed by atoms with Crippen molar-refractivity contribution >= 4 is 5.91 Å². The number of ether oxygens (including phenoxy) is 1. The third-order valence-electron chi connectivity index (χ3n) is 4.95. The molecule has 130 valence electrons. The third kappa shape index (κ3) is 3.82. The molecule has 1 amide bonds. The number of carbonyl (C=O) groups is 1. The zero-order valence-electron chi connectivity index (χ0n) is 14.0. The summed E-state index contributed by atoms with van der Waals surface area (Å²) < 4.78 is 18.8. The van der Waals surface area contributed by atoms with Crippen molar-refractivity contribution in [2.45, 2.75) is 18.9 Å². The first-order valence-electron chi connectivity index (χ1n) is 8.72. The Hall–Kier alpha value is -2.40. The van der Waals surface area contributed by atoms with Crippen LogP contribution in [0, 0.1) is 11.7 Å². The van der Waals surface area contributed by atoms with E-state index in [4.69, 9.17) is 4.74 Å². The number of benzene rings is 2. The van der Waals surface area contributed by atoms with Crippen LogP contribution in [0.4, 0.5) is 4.39 Å². The highest BCUT2D eigenvalue weighted by Gasteiger charge is 2.32. The van der Waals surface area contributed by atoms with Gasteiger partial charge in [-0.1, -0.05) is 6.07 Å². The van der Waals surface area contributed by atoms with E-state index in [1.807, 2.05) is 0 Å². The fraction of sp³-hybridized carbons (Fsp3) is 0.350. The fourth-order valence-corrected chi connectivity index (χ4v) is 3.77. The van der Waals surface area contributed by atoms with Gasteiger partial charge >= 0.3 is 0 Å². The average molecular weight is 340 g/mol. The van der Waals surface area contributed by atoms with E-state index in [0.717, 1.165) is 25.4 Å². The molecule has 2 aromatic carbocycles. The third-order valence-corrected chi connectivity index (χ3v) is 4.95. The molecule has 0 saturated carbocycles. The van der Waals surface area contributed by atoms with Crippen LogP contribution in [0.3, 0.4) is 0 Å². The van der Waals surface area contributed by atoms with Crippen LogP contribution in [0.1, 0.15) is 23.2 Å². The van der Waals surface area contributed by atoms with Crippen molar-refractivity contribution in [1.29, 1.82) is 0 Å². The predicted molar refractivity (Wildman–Crippen MR) is 93.3 cm³/mol. The van der Waals surface area contributed by atoms with E-state index in [9.17, 15) is 9.18 Å². The van der Waals surface area contributed by atoms with E-state index in [-0.39, 0.29) is 17.8 Å². The maximum Gasteiger partial charge on any atom is 0.251 e. The largest absolute Gasteiger partial charge is 0.457 e. The molecule has 2 bridgehead atoms. The molecule has 0 aliphatic carbocycles. The summed E-state index contributed by atoms with van der Waals surface area (Å²) in [7, 11) is 0. The highest BCUT2D eigenvalue weighted by atomic mass is 19.1. The lowest BCUT2D eigenvalue weighted by molar-refractivity contribution is 0.0909. The normalized spacial score (nSPS) is 24.8. The second kappa shape index (κ2) is 6.84. The first-order valence-corrected chi connectivity index (χ1v) is 8.72. The molecule has 25 heavy (non-hydrogen) atoms. The molecule has 2 aromatic rings. The minimum atomic E-state index is -0.342. The zero-order valence-corrected chi connectivity index (χ0v) is 14.0. The van der Waals surface area contributed by atoms with Gasteiger partial charge in [-0.2, -0.15) is 0 Å². The van der Waals surface area contributed by atoms with Gasteiger partial charge in [0.25, 0.3) is 5.91 Å². The number of carbonyl (C=O) groups excluding carboxylic acids is 1. The first-order chi connectivity index (χ1) is 12.2. The van der Waals surface area contributed by atoms with Crippen LogP contribution in [0.2, 0.25) is 0 Å². The number of piperidine rings is 1. The van der Waals surface area contributed by atoms with Crippen molar-refractivity contribution in [2.75, 3.05) is 19.6 Å². The van der Waals surface area contributed by atoms with Gasteiger partial charge < -0.3 is 15.0 Å². The maximum atomic E-state index is 13.2. The van der Waals surface area contributed by atoms with E-state index >= 15 is 0 Å². The highest BCUT2D eigenvalue weighted by Crippen LogP contribution is 2.27. The quantitative estimate of drug-likeness (QED) is 0.927. The van der Waals surface area contributed by atoms with Crippen molar-refractivity contribution < 1.29 is 13.9 Å². The second-order valence-corrected chi connectivity index (χ2v) is 6.90. The van der Waals surface area contributed by atoms with Gasteiger partial charge in [0.2, 0.25) is 0 Å². The van der Waals surface area contributed by atoms with E-state index in [0.29, 0.717) is 17.1 Å². The van der Waals surface area contributed by atoms with Crippen LogP contribution < -0.4 is 10.1 Å². The Balaban J connectivity index is 1.37.